The number of carbonyl (C=O) groups excluding carboxylic acids is 2. The van der Waals surface area contributed by atoms with Crippen molar-refractivity contribution in [2.45, 2.75) is 6.92 Å². The predicted molar refractivity (Wildman–Crippen MR) is 94.1 cm³/mol. The molecule has 4 nitrogen and oxygen atoms in total. The lowest BCUT2D eigenvalue weighted by Gasteiger charge is -2.08. The quantitative estimate of drug-likeness (QED) is 0.620. The third-order valence-corrected chi connectivity index (χ3v) is 4.65. The number of hydrogen-bond donors (Lipinski definition) is 1. The van der Waals surface area contributed by atoms with E-state index in [0.29, 0.717) is 10.7 Å². The second-order valence-electron chi connectivity index (χ2n) is 4.56. The van der Waals surface area contributed by atoms with E-state index >= 15 is 0 Å². The van der Waals surface area contributed by atoms with Crippen molar-refractivity contribution in [3.8, 4) is 0 Å². The van der Waals surface area contributed by atoms with Gasteiger partial charge in [0.05, 0.1) is 15.7 Å². The maximum atomic E-state index is 11.8. The fraction of sp³-hybridized carbons (Fsp3) is 0.125. The summed E-state index contributed by atoms with van der Waals surface area (Å²) in [6.45, 7) is 1.54. The first-order valence-corrected chi connectivity index (χ1v) is 8.23. The molecule has 1 aromatic heterocycles. The minimum absolute atomic E-state index is 0.238. The van der Waals surface area contributed by atoms with Crippen LogP contribution in [0.3, 0.4) is 0 Å². The Morgan fingerprint density at radius 1 is 1.30 bits per heavy atom. The number of carbonyl (C=O) groups is 2. The number of amides is 1. The maximum absolute atomic E-state index is 11.8. The van der Waals surface area contributed by atoms with E-state index in [4.69, 9.17) is 27.9 Å². The van der Waals surface area contributed by atoms with E-state index in [2.05, 4.69) is 5.32 Å². The summed E-state index contributed by atoms with van der Waals surface area (Å²) in [5, 5.41) is 5.03. The molecule has 1 amide bonds. The van der Waals surface area contributed by atoms with Crippen LogP contribution in [0.4, 0.5) is 5.69 Å². The molecule has 0 atom stereocenters. The van der Waals surface area contributed by atoms with Crippen molar-refractivity contribution >= 4 is 58.2 Å². The van der Waals surface area contributed by atoms with Gasteiger partial charge in [0.25, 0.3) is 5.91 Å². The van der Waals surface area contributed by atoms with Crippen LogP contribution in [0.2, 0.25) is 10.0 Å². The Morgan fingerprint density at radius 2 is 2.09 bits per heavy atom. The van der Waals surface area contributed by atoms with Crippen LogP contribution in [0.25, 0.3) is 6.08 Å². The minimum Gasteiger partial charge on any atom is -0.452 e. The SMILES string of the molecule is Cc1ccsc1/C=C/C(=O)OCC(=O)Nc1cccc(Cl)c1Cl. The molecule has 0 aliphatic rings. The van der Waals surface area contributed by atoms with Gasteiger partial charge in [-0.25, -0.2) is 4.79 Å². The zero-order valence-corrected chi connectivity index (χ0v) is 14.5. The van der Waals surface area contributed by atoms with Crippen LogP contribution in [0.15, 0.2) is 35.7 Å². The van der Waals surface area contributed by atoms with E-state index in [0.717, 1.165) is 10.4 Å². The topological polar surface area (TPSA) is 55.4 Å². The fourth-order valence-corrected chi connectivity index (χ4v) is 2.84. The molecule has 0 bridgehead atoms. The Hall–Kier alpha value is -1.82. The van der Waals surface area contributed by atoms with Crippen LogP contribution in [-0.2, 0) is 14.3 Å². The highest BCUT2D eigenvalue weighted by molar-refractivity contribution is 7.11. The molecule has 0 radical (unpaired) electrons. The van der Waals surface area contributed by atoms with E-state index in [1.807, 2.05) is 18.4 Å². The van der Waals surface area contributed by atoms with E-state index in [1.54, 1.807) is 24.3 Å². The van der Waals surface area contributed by atoms with Crippen LogP contribution >= 0.6 is 34.5 Å². The zero-order chi connectivity index (χ0) is 16.8. The highest BCUT2D eigenvalue weighted by Crippen LogP contribution is 2.29. The number of anilines is 1. The number of esters is 1. The second-order valence-corrected chi connectivity index (χ2v) is 6.29. The molecule has 120 valence electrons. The molecular weight excluding hydrogens is 357 g/mol. The van der Waals surface area contributed by atoms with Gasteiger partial charge in [0.1, 0.15) is 0 Å². The summed E-state index contributed by atoms with van der Waals surface area (Å²) < 4.78 is 4.88. The van der Waals surface area contributed by atoms with Gasteiger partial charge in [0, 0.05) is 11.0 Å². The number of ether oxygens (including phenoxy) is 1. The third-order valence-electron chi connectivity index (χ3n) is 2.84. The first-order chi connectivity index (χ1) is 11.0. The van der Waals surface area contributed by atoms with Crippen LogP contribution in [-0.4, -0.2) is 18.5 Å². The van der Waals surface area contributed by atoms with Crippen molar-refractivity contribution < 1.29 is 14.3 Å². The minimum atomic E-state index is -0.592. The van der Waals surface area contributed by atoms with E-state index in [-0.39, 0.29) is 5.02 Å². The van der Waals surface area contributed by atoms with Gasteiger partial charge in [0.2, 0.25) is 0 Å². The van der Waals surface area contributed by atoms with Gasteiger partial charge >= 0.3 is 5.97 Å². The summed E-state index contributed by atoms with van der Waals surface area (Å²) in [7, 11) is 0. The highest BCUT2D eigenvalue weighted by Gasteiger charge is 2.10. The zero-order valence-electron chi connectivity index (χ0n) is 12.1. The molecule has 2 aromatic rings. The number of aryl methyl sites for hydroxylation is 1. The first kappa shape index (κ1) is 17.5. The van der Waals surface area contributed by atoms with E-state index < -0.39 is 18.5 Å². The third kappa shape index (κ3) is 5.10. The van der Waals surface area contributed by atoms with Crippen LogP contribution in [0.5, 0.6) is 0 Å². The molecule has 0 unspecified atom stereocenters. The Labute approximate surface area is 147 Å². The average Bonchev–Trinajstić information content (AvgIpc) is 2.93. The molecule has 0 aliphatic carbocycles. The number of rotatable bonds is 5. The smallest absolute Gasteiger partial charge is 0.331 e. The lowest BCUT2D eigenvalue weighted by Crippen LogP contribution is -2.20. The number of nitrogens with one attached hydrogen (secondary N) is 1. The molecule has 1 N–H and O–H groups in total. The standard InChI is InChI=1S/C16H13Cl2NO3S/c1-10-7-8-23-13(10)5-6-15(21)22-9-14(20)19-12-4-2-3-11(17)16(12)18/h2-8H,9H2,1H3,(H,19,20)/b6-5+. The summed E-state index contributed by atoms with van der Waals surface area (Å²) in [6, 6.07) is 6.82. The van der Waals surface area contributed by atoms with Crippen LogP contribution < -0.4 is 5.32 Å². The first-order valence-electron chi connectivity index (χ1n) is 6.60. The van der Waals surface area contributed by atoms with Gasteiger partial charge < -0.3 is 10.1 Å². The Kier molecular flexibility index (Phi) is 6.21. The molecule has 0 aliphatic heterocycles. The average molecular weight is 370 g/mol. The molecule has 1 heterocycles. The Bertz CT molecular complexity index is 756. The molecule has 0 spiro atoms. The van der Waals surface area contributed by atoms with E-state index in [1.165, 1.54) is 17.4 Å². The largest absolute Gasteiger partial charge is 0.452 e. The Balaban J connectivity index is 1.84. The van der Waals surface area contributed by atoms with Gasteiger partial charge in [-0.3, -0.25) is 4.79 Å². The lowest BCUT2D eigenvalue weighted by molar-refractivity contribution is -0.142. The van der Waals surface area contributed by atoms with Crippen molar-refractivity contribution in [2.75, 3.05) is 11.9 Å². The van der Waals surface area contributed by atoms with Gasteiger partial charge in [0.15, 0.2) is 6.61 Å². The van der Waals surface area contributed by atoms with Crippen molar-refractivity contribution in [3.05, 3.63) is 56.2 Å². The molecule has 2 rings (SSSR count). The van der Waals surface area contributed by atoms with E-state index in [9.17, 15) is 9.59 Å². The van der Waals surface area contributed by atoms with Gasteiger partial charge in [-0.05, 0) is 42.1 Å². The molecule has 0 fully saturated rings. The molecular formula is C16H13Cl2NO3S. The number of hydrogen-bond acceptors (Lipinski definition) is 4. The van der Waals surface area contributed by atoms with Crippen molar-refractivity contribution in [2.24, 2.45) is 0 Å². The van der Waals surface area contributed by atoms with Gasteiger partial charge in [-0.1, -0.05) is 29.3 Å². The summed E-state index contributed by atoms with van der Waals surface area (Å²) in [5.41, 5.74) is 1.44. The summed E-state index contributed by atoms with van der Waals surface area (Å²) in [6.07, 6.45) is 2.95. The summed E-state index contributed by atoms with van der Waals surface area (Å²) in [5.74, 6) is -1.09. The number of thiophene rings is 1. The highest BCUT2D eigenvalue weighted by atomic mass is 35.5. The van der Waals surface area contributed by atoms with Crippen molar-refractivity contribution in [1.29, 1.82) is 0 Å². The van der Waals surface area contributed by atoms with Crippen LogP contribution in [0, 0.1) is 6.92 Å². The van der Waals surface area contributed by atoms with Gasteiger partial charge in [-0.2, -0.15) is 0 Å². The Morgan fingerprint density at radius 3 is 2.78 bits per heavy atom. The second kappa shape index (κ2) is 8.15. The van der Waals surface area contributed by atoms with Crippen molar-refractivity contribution in [3.63, 3.8) is 0 Å². The summed E-state index contributed by atoms with van der Waals surface area (Å²) in [4.78, 5) is 24.3. The summed E-state index contributed by atoms with van der Waals surface area (Å²) >= 11 is 13.3. The molecule has 0 saturated heterocycles. The monoisotopic (exact) mass is 369 g/mol. The normalized spacial score (nSPS) is 10.7. The number of halogens is 2. The fourth-order valence-electron chi connectivity index (χ4n) is 1.67. The maximum Gasteiger partial charge on any atom is 0.331 e. The molecule has 0 saturated carbocycles. The predicted octanol–water partition coefficient (Wildman–Crippen LogP) is 4.56. The number of benzene rings is 1. The molecule has 1 aromatic carbocycles. The van der Waals surface area contributed by atoms with Gasteiger partial charge in [-0.15, -0.1) is 11.3 Å². The van der Waals surface area contributed by atoms with Crippen molar-refractivity contribution in [1.82, 2.24) is 0 Å². The molecule has 23 heavy (non-hydrogen) atoms. The molecule has 7 heteroatoms. The lowest BCUT2D eigenvalue weighted by atomic mass is 10.3. The van der Waals surface area contributed by atoms with Crippen LogP contribution in [0.1, 0.15) is 10.4 Å².